The van der Waals surface area contributed by atoms with Crippen molar-refractivity contribution in [3.8, 4) is 16.9 Å². The van der Waals surface area contributed by atoms with Crippen molar-refractivity contribution in [2.24, 2.45) is 5.92 Å². The lowest BCUT2D eigenvalue weighted by Gasteiger charge is -2.48. The molecule has 5 heterocycles. The minimum absolute atomic E-state index is 0.0197. The van der Waals surface area contributed by atoms with Gasteiger partial charge in [0.05, 0.1) is 33.6 Å². The number of phenols is 1. The Morgan fingerprint density at radius 3 is 2.44 bits per heavy atom. The molecule has 3 fully saturated rings. The number of thiazole rings is 1. The van der Waals surface area contributed by atoms with Crippen molar-refractivity contribution >= 4 is 52.6 Å². The maximum absolute atomic E-state index is 13.3. The summed E-state index contributed by atoms with van der Waals surface area (Å²) in [4.78, 5) is 45.4. The maximum Gasteiger partial charge on any atom is 0.412 e. The average Bonchev–Trinajstić information content (AvgIpc) is 3.56. The number of piperidine rings is 3. The highest BCUT2D eigenvalue weighted by Gasteiger charge is 2.41. The van der Waals surface area contributed by atoms with Gasteiger partial charge in [0.25, 0.3) is 0 Å². The maximum atomic E-state index is 13.3. The predicted octanol–water partition coefficient (Wildman–Crippen LogP) is 9.73. The lowest BCUT2D eigenvalue weighted by Crippen LogP contribution is -2.59. The van der Waals surface area contributed by atoms with Gasteiger partial charge in [0, 0.05) is 43.2 Å². The van der Waals surface area contributed by atoms with E-state index in [9.17, 15) is 24.6 Å². The number of aromatic amines is 1. The molecule has 2 atom stereocenters. The fourth-order valence-electron chi connectivity index (χ4n) is 9.11. The van der Waals surface area contributed by atoms with E-state index in [-0.39, 0.29) is 33.4 Å². The summed E-state index contributed by atoms with van der Waals surface area (Å²) in [6.07, 6.45) is 3.27. The number of unbranched alkanes of at least 4 members (excludes halogenated alkanes) is 1. The third kappa shape index (κ3) is 9.18. The quantitative estimate of drug-likeness (QED) is 0.0591. The van der Waals surface area contributed by atoms with Crippen LogP contribution in [-0.4, -0.2) is 71.3 Å². The fraction of sp³-hybridized carbons (Fsp3) is 0.408. The second-order valence-corrected chi connectivity index (χ2v) is 24.4. The van der Waals surface area contributed by atoms with E-state index >= 15 is 0 Å². The Labute approximate surface area is 368 Å². The van der Waals surface area contributed by atoms with E-state index in [1.54, 1.807) is 17.0 Å². The number of carboxylic acid groups (broad SMARTS) is 1. The molecule has 9 rings (SSSR count). The molecule has 0 saturated carbocycles. The molecule has 13 heteroatoms. The number of anilines is 1. The Hall–Kier alpha value is -5.05. The Bertz CT molecular complexity index is 2680. The highest BCUT2D eigenvalue weighted by Crippen LogP contribution is 2.42. The van der Waals surface area contributed by atoms with Crippen LogP contribution in [0.2, 0.25) is 18.1 Å². The second-order valence-electron chi connectivity index (χ2n) is 18.6. The van der Waals surface area contributed by atoms with Gasteiger partial charge in [-0.1, -0.05) is 86.7 Å². The van der Waals surface area contributed by atoms with Crippen molar-refractivity contribution in [1.82, 2.24) is 19.8 Å². The van der Waals surface area contributed by atoms with Crippen molar-refractivity contribution in [3.63, 3.8) is 0 Å². The third-order valence-electron chi connectivity index (χ3n) is 13.6. The van der Waals surface area contributed by atoms with Crippen LogP contribution in [0.25, 0.3) is 32.2 Å². The molecule has 326 valence electrons. The molecule has 2 aromatic heterocycles. The van der Waals surface area contributed by atoms with Crippen molar-refractivity contribution in [2.75, 3.05) is 31.1 Å². The standard InChI is InChI=1S/C49H59N5O6SSi/c1-49(2,3)62(4,5)60-43(37-17-20-42(55)46-38(37)18-21-45(56)51-46)30-50-29-33-15-19-39-44(28-33)61-48(59)53(39)24-10-9-11-32-14-16-36(34-12-7-6-8-13-34)40(27-32)54(47(57)58)41-31-52-25-22-35(41)23-26-52/h6-8,12-21,27-28,35,41,43,50,55H,9-11,22-26,29-31H2,1-5H3,(H,51,56)(H,57,58)/t41-,43+/m0/s1. The normalized spacial score (nSPS) is 18.4. The van der Waals surface area contributed by atoms with E-state index in [2.05, 4.69) is 79.4 Å². The SMILES string of the molecule is CC(C)(C)[Si](C)(C)O[C@H](CNCc1ccc2c(c1)sc(=O)n2CCCCc1ccc(-c2ccccc2)c(N(C(=O)O)[C@H]2CN3CCC2CC3)c1)c1ccc(O)c2[nH]c(=O)ccc12. The van der Waals surface area contributed by atoms with Gasteiger partial charge >= 0.3 is 11.0 Å². The monoisotopic (exact) mass is 873 g/mol. The van der Waals surface area contributed by atoms with Gasteiger partial charge in [0.15, 0.2) is 8.32 Å². The summed E-state index contributed by atoms with van der Waals surface area (Å²) >= 11 is 1.27. The second kappa shape index (κ2) is 18.0. The Morgan fingerprint density at radius 2 is 1.73 bits per heavy atom. The minimum Gasteiger partial charge on any atom is -0.506 e. The average molecular weight is 874 g/mol. The van der Waals surface area contributed by atoms with Crippen molar-refractivity contribution < 1.29 is 19.4 Å². The van der Waals surface area contributed by atoms with Gasteiger partial charge in [-0.05, 0) is 122 Å². The summed E-state index contributed by atoms with van der Waals surface area (Å²) in [5, 5.41) is 25.6. The molecule has 6 aromatic rings. The van der Waals surface area contributed by atoms with Crippen LogP contribution in [0.1, 0.15) is 69.2 Å². The highest BCUT2D eigenvalue weighted by atomic mass is 32.1. The summed E-state index contributed by atoms with van der Waals surface area (Å²) < 4.78 is 9.81. The van der Waals surface area contributed by atoms with Crippen molar-refractivity contribution in [2.45, 2.75) is 96.2 Å². The van der Waals surface area contributed by atoms with E-state index in [1.165, 1.54) is 17.4 Å². The number of aryl methyl sites for hydroxylation is 2. The van der Waals surface area contributed by atoms with Gasteiger partial charge in [-0.25, -0.2) is 4.79 Å². The molecule has 3 saturated heterocycles. The molecular formula is C49H59N5O6SSi. The molecule has 0 radical (unpaired) electrons. The smallest absolute Gasteiger partial charge is 0.412 e. The molecule has 0 spiro atoms. The molecule has 3 aliphatic rings. The van der Waals surface area contributed by atoms with E-state index in [0.717, 1.165) is 101 Å². The zero-order valence-electron chi connectivity index (χ0n) is 36.4. The van der Waals surface area contributed by atoms with Crippen LogP contribution in [-0.2, 0) is 23.9 Å². The van der Waals surface area contributed by atoms with Crippen LogP contribution in [0.4, 0.5) is 10.5 Å². The number of hydrogen-bond donors (Lipinski definition) is 4. The largest absolute Gasteiger partial charge is 0.506 e. The molecule has 2 bridgehead atoms. The summed E-state index contributed by atoms with van der Waals surface area (Å²) in [6.45, 7) is 15.6. The van der Waals surface area contributed by atoms with Crippen LogP contribution in [0, 0.1) is 5.92 Å². The van der Waals surface area contributed by atoms with Crippen LogP contribution in [0.3, 0.4) is 0 Å². The van der Waals surface area contributed by atoms with Gasteiger partial charge in [-0.3, -0.25) is 19.1 Å². The Kier molecular flexibility index (Phi) is 12.6. The molecule has 1 amide bonds. The zero-order chi connectivity index (χ0) is 43.8. The molecule has 0 aliphatic carbocycles. The fourth-order valence-corrected chi connectivity index (χ4v) is 11.4. The third-order valence-corrected chi connectivity index (χ3v) is 19.0. The molecular weight excluding hydrogens is 815 g/mol. The number of nitrogens with one attached hydrogen (secondary N) is 2. The molecule has 62 heavy (non-hydrogen) atoms. The zero-order valence-corrected chi connectivity index (χ0v) is 38.3. The summed E-state index contributed by atoms with van der Waals surface area (Å²) in [7, 11) is -2.24. The number of H-pyrrole nitrogens is 1. The summed E-state index contributed by atoms with van der Waals surface area (Å²) in [5.74, 6) is 0.382. The number of amides is 1. The van der Waals surface area contributed by atoms with Gasteiger partial charge in [-0.15, -0.1) is 0 Å². The summed E-state index contributed by atoms with van der Waals surface area (Å²) in [5.41, 5.74) is 6.80. The lowest BCUT2D eigenvalue weighted by molar-refractivity contribution is 0.0837. The van der Waals surface area contributed by atoms with Gasteiger partial charge in [0.1, 0.15) is 5.75 Å². The van der Waals surface area contributed by atoms with Crippen LogP contribution in [0.5, 0.6) is 5.75 Å². The molecule has 3 aliphatic heterocycles. The first-order valence-electron chi connectivity index (χ1n) is 22.0. The topological polar surface area (TPSA) is 140 Å². The van der Waals surface area contributed by atoms with Crippen molar-refractivity contribution in [1.29, 1.82) is 0 Å². The van der Waals surface area contributed by atoms with E-state index in [1.807, 2.05) is 47.0 Å². The number of phenolic OH excluding ortho intramolecular Hbond substituents is 1. The Balaban J connectivity index is 0.942. The van der Waals surface area contributed by atoms with Crippen LogP contribution in [0.15, 0.2) is 101 Å². The molecule has 4 N–H and O–H groups in total. The van der Waals surface area contributed by atoms with Crippen molar-refractivity contribution in [3.05, 3.63) is 128 Å². The van der Waals surface area contributed by atoms with Gasteiger partial charge < -0.3 is 29.8 Å². The van der Waals surface area contributed by atoms with Gasteiger partial charge in [0.2, 0.25) is 5.56 Å². The van der Waals surface area contributed by atoms with Gasteiger partial charge in [-0.2, -0.15) is 0 Å². The number of nitrogens with zero attached hydrogens (tertiary/aromatic N) is 3. The number of fused-ring (bicyclic) bond motifs is 5. The van der Waals surface area contributed by atoms with E-state index in [4.69, 9.17) is 4.43 Å². The van der Waals surface area contributed by atoms with Crippen LogP contribution >= 0.6 is 11.3 Å². The van der Waals surface area contributed by atoms with Crippen LogP contribution < -0.4 is 20.6 Å². The number of aromatic hydroxyl groups is 1. The number of benzene rings is 4. The number of aromatic nitrogens is 2. The number of carbonyl (C=O) groups is 1. The number of pyridine rings is 1. The minimum atomic E-state index is -2.24. The first-order chi connectivity index (χ1) is 29.7. The predicted molar refractivity (Wildman–Crippen MR) is 253 cm³/mol. The first-order valence-corrected chi connectivity index (χ1v) is 25.7. The van der Waals surface area contributed by atoms with E-state index < -0.39 is 14.4 Å². The highest BCUT2D eigenvalue weighted by molar-refractivity contribution is 7.16. The lowest BCUT2D eigenvalue weighted by atomic mass is 9.82. The number of rotatable bonds is 15. The number of hydrogen-bond acceptors (Lipinski definition) is 8. The first kappa shape index (κ1) is 43.6. The Morgan fingerprint density at radius 1 is 0.968 bits per heavy atom. The van der Waals surface area contributed by atoms with E-state index in [0.29, 0.717) is 31.1 Å². The summed E-state index contributed by atoms with van der Waals surface area (Å²) in [6, 6.07) is 29.2. The molecule has 11 nitrogen and oxygen atoms in total. The molecule has 4 aromatic carbocycles. The molecule has 0 unspecified atom stereocenters.